The van der Waals surface area contributed by atoms with E-state index in [2.05, 4.69) is 10.6 Å². The Hall–Kier alpha value is -1.50. The number of rotatable bonds is 10. The van der Waals surface area contributed by atoms with Crippen LogP contribution in [0, 0.1) is 0 Å². The lowest BCUT2D eigenvalue weighted by molar-refractivity contribution is -0.120. The lowest BCUT2D eigenvalue weighted by Crippen LogP contribution is -2.34. The average Bonchev–Trinajstić information content (AvgIpc) is 2.50. The van der Waals surface area contributed by atoms with E-state index in [0.29, 0.717) is 37.8 Å². The van der Waals surface area contributed by atoms with E-state index in [4.69, 9.17) is 14.2 Å². The normalized spacial score (nSPS) is 9.77. The van der Waals surface area contributed by atoms with Crippen molar-refractivity contribution in [3.8, 4) is 11.5 Å². The molecule has 0 fully saturated rings. The van der Waals surface area contributed by atoms with Gasteiger partial charge in [0.1, 0.15) is 0 Å². The summed E-state index contributed by atoms with van der Waals surface area (Å²) >= 11 is 0. The predicted octanol–water partition coefficient (Wildman–Crippen LogP) is 1.37. The van der Waals surface area contributed by atoms with Crippen LogP contribution in [0.15, 0.2) is 18.2 Å². The lowest BCUT2D eigenvalue weighted by Gasteiger charge is -2.11. The van der Waals surface area contributed by atoms with Crippen molar-refractivity contribution in [2.24, 2.45) is 0 Å². The van der Waals surface area contributed by atoms with Gasteiger partial charge in [0.15, 0.2) is 11.5 Å². The van der Waals surface area contributed by atoms with Crippen molar-refractivity contribution < 1.29 is 19.0 Å². The first-order chi connectivity index (χ1) is 10.2. The van der Waals surface area contributed by atoms with Crippen LogP contribution in [-0.4, -0.2) is 46.4 Å². The van der Waals surface area contributed by atoms with Gasteiger partial charge < -0.3 is 24.8 Å². The van der Waals surface area contributed by atoms with Gasteiger partial charge in [0.05, 0.1) is 26.9 Å². The van der Waals surface area contributed by atoms with Crippen molar-refractivity contribution in [2.75, 3.05) is 40.5 Å². The third-order valence-corrected chi connectivity index (χ3v) is 2.79. The third-order valence-electron chi connectivity index (χ3n) is 2.79. The van der Waals surface area contributed by atoms with E-state index in [-0.39, 0.29) is 24.9 Å². The van der Waals surface area contributed by atoms with Crippen LogP contribution in [0.4, 0.5) is 0 Å². The fourth-order valence-electron chi connectivity index (χ4n) is 1.74. The highest BCUT2D eigenvalue weighted by atomic mass is 35.5. The van der Waals surface area contributed by atoms with Gasteiger partial charge in [0, 0.05) is 20.2 Å². The molecule has 0 heterocycles. The molecule has 0 aliphatic rings. The van der Waals surface area contributed by atoms with Crippen molar-refractivity contribution in [2.45, 2.75) is 13.5 Å². The topological polar surface area (TPSA) is 68.8 Å². The van der Waals surface area contributed by atoms with Crippen molar-refractivity contribution in [3.63, 3.8) is 0 Å². The number of hydrogen-bond acceptors (Lipinski definition) is 5. The maximum absolute atomic E-state index is 11.6. The van der Waals surface area contributed by atoms with Gasteiger partial charge in [-0.1, -0.05) is 6.07 Å². The molecule has 22 heavy (non-hydrogen) atoms. The summed E-state index contributed by atoms with van der Waals surface area (Å²) in [5, 5.41) is 5.83. The quantitative estimate of drug-likeness (QED) is 0.633. The molecule has 2 N–H and O–H groups in total. The number of methoxy groups -OCH3 is 2. The van der Waals surface area contributed by atoms with E-state index in [1.165, 1.54) is 0 Å². The van der Waals surface area contributed by atoms with Crippen LogP contribution < -0.4 is 20.1 Å². The Morgan fingerprint density at radius 1 is 1.23 bits per heavy atom. The minimum absolute atomic E-state index is 0. The van der Waals surface area contributed by atoms with Crippen molar-refractivity contribution in [1.82, 2.24) is 10.6 Å². The minimum Gasteiger partial charge on any atom is -0.493 e. The second-order valence-corrected chi connectivity index (χ2v) is 4.36. The van der Waals surface area contributed by atoms with Gasteiger partial charge in [-0.15, -0.1) is 12.4 Å². The highest BCUT2D eigenvalue weighted by Crippen LogP contribution is 2.27. The van der Waals surface area contributed by atoms with Gasteiger partial charge in [-0.2, -0.15) is 0 Å². The molecule has 0 bridgehead atoms. The Labute approximate surface area is 137 Å². The second-order valence-electron chi connectivity index (χ2n) is 4.36. The SMILES string of the molecule is CCOc1ccc(CNC(=O)CNCCOC)cc1OC.Cl. The summed E-state index contributed by atoms with van der Waals surface area (Å²) in [4.78, 5) is 11.6. The van der Waals surface area contributed by atoms with Crippen molar-refractivity contribution in [1.29, 1.82) is 0 Å². The largest absolute Gasteiger partial charge is 0.493 e. The van der Waals surface area contributed by atoms with Crippen LogP contribution in [-0.2, 0) is 16.1 Å². The number of amides is 1. The molecule has 0 saturated heterocycles. The molecule has 6 nitrogen and oxygen atoms in total. The van der Waals surface area contributed by atoms with Crippen LogP contribution in [0.5, 0.6) is 11.5 Å². The molecular weight excluding hydrogens is 308 g/mol. The van der Waals surface area contributed by atoms with Gasteiger partial charge in [-0.05, 0) is 24.6 Å². The van der Waals surface area contributed by atoms with Crippen molar-refractivity contribution in [3.05, 3.63) is 23.8 Å². The van der Waals surface area contributed by atoms with Gasteiger partial charge in [-0.3, -0.25) is 4.79 Å². The van der Waals surface area contributed by atoms with Crippen LogP contribution in [0.3, 0.4) is 0 Å². The van der Waals surface area contributed by atoms with Gasteiger partial charge >= 0.3 is 0 Å². The molecule has 1 aromatic carbocycles. The Balaban J connectivity index is 0.00000441. The van der Waals surface area contributed by atoms with Crippen LogP contribution in [0.25, 0.3) is 0 Å². The van der Waals surface area contributed by atoms with E-state index in [1.807, 2.05) is 25.1 Å². The van der Waals surface area contributed by atoms with Crippen LogP contribution in [0.1, 0.15) is 12.5 Å². The highest BCUT2D eigenvalue weighted by molar-refractivity contribution is 5.85. The zero-order valence-electron chi connectivity index (χ0n) is 13.3. The summed E-state index contributed by atoms with van der Waals surface area (Å²) in [6.07, 6.45) is 0. The summed E-state index contributed by atoms with van der Waals surface area (Å²) in [5.74, 6) is 1.32. The van der Waals surface area contributed by atoms with E-state index >= 15 is 0 Å². The predicted molar refractivity (Wildman–Crippen MR) is 88.0 cm³/mol. The average molecular weight is 333 g/mol. The molecule has 1 rings (SSSR count). The zero-order chi connectivity index (χ0) is 15.5. The standard InChI is InChI=1S/C15H24N2O4.ClH/c1-4-21-13-6-5-12(9-14(13)20-3)10-17-15(18)11-16-7-8-19-2;/h5-6,9,16H,4,7-8,10-11H2,1-3H3,(H,17,18);1H. The summed E-state index contributed by atoms with van der Waals surface area (Å²) < 4.78 is 15.6. The number of nitrogens with one attached hydrogen (secondary N) is 2. The Morgan fingerprint density at radius 2 is 2.00 bits per heavy atom. The molecule has 0 aliphatic carbocycles. The first-order valence-electron chi connectivity index (χ1n) is 6.97. The third kappa shape index (κ3) is 7.49. The molecular formula is C15H25ClN2O4. The minimum atomic E-state index is -0.0565. The number of halogens is 1. The smallest absolute Gasteiger partial charge is 0.234 e. The Morgan fingerprint density at radius 3 is 2.64 bits per heavy atom. The summed E-state index contributed by atoms with van der Waals surface area (Å²) in [7, 11) is 3.22. The molecule has 7 heteroatoms. The maximum Gasteiger partial charge on any atom is 0.234 e. The first-order valence-corrected chi connectivity index (χ1v) is 6.97. The molecule has 126 valence electrons. The summed E-state index contributed by atoms with van der Waals surface area (Å²) in [6, 6.07) is 5.62. The zero-order valence-corrected chi connectivity index (χ0v) is 14.1. The fraction of sp³-hybridized carbons (Fsp3) is 0.533. The molecule has 0 spiro atoms. The Bertz CT molecular complexity index is 444. The maximum atomic E-state index is 11.6. The highest BCUT2D eigenvalue weighted by Gasteiger charge is 2.06. The molecule has 0 aromatic heterocycles. The van der Waals surface area contributed by atoms with Crippen molar-refractivity contribution >= 4 is 18.3 Å². The van der Waals surface area contributed by atoms with Crippen LogP contribution >= 0.6 is 12.4 Å². The first kappa shape index (κ1) is 20.5. The Kier molecular flexibility index (Phi) is 11.3. The van der Waals surface area contributed by atoms with E-state index < -0.39 is 0 Å². The molecule has 0 atom stereocenters. The van der Waals surface area contributed by atoms with E-state index in [9.17, 15) is 4.79 Å². The summed E-state index contributed by atoms with van der Waals surface area (Å²) in [5.41, 5.74) is 0.959. The summed E-state index contributed by atoms with van der Waals surface area (Å²) in [6.45, 7) is 4.47. The van der Waals surface area contributed by atoms with E-state index in [0.717, 1.165) is 5.56 Å². The molecule has 0 saturated carbocycles. The number of benzene rings is 1. The second kappa shape index (κ2) is 12.1. The lowest BCUT2D eigenvalue weighted by atomic mass is 10.2. The van der Waals surface area contributed by atoms with E-state index in [1.54, 1.807) is 14.2 Å². The molecule has 1 amide bonds. The van der Waals surface area contributed by atoms with Gasteiger partial charge in [0.25, 0.3) is 0 Å². The number of carbonyl (C=O) groups is 1. The fourth-order valence-corrected chi connectivity index (χ4v) is 1.74. The monoisotopic (exact) mass is 332 g/mol. The molecule has 0 aliphatic heterocycles. The number of hydrogen-bond donors (Lipinski definition) is 2. The number of ether oxygens (including phenoxy) is 3. The van der Waals surface area contributed by atoms with Gasteiger partial charge in [0.2, 0.25) is 5.91 Å². The molecule has 0 radical (unpaired) electrons. The molecule has 1 aromatic rings. The molecule has 0 unspecified atom stereocenters. The van der Waals surface area contributed by atoms with Crippen LogP contribution in [0.2, 0.25) is 0 Å². The van der Waals surface area contributed by atoms with Gasteiger partial charge in [-0.25, -0.2) is 0 Å². The number of carbonyl (C=O) groups excluding carboxylic acids is 1.